The fraction of sp³-hybridized carbons (Fsp3) is 0.526. The van der Waals surface area contributed by atoms with Crippen LogP contribution in [0.2, 0.25) is 0 Å². The van der Waals surface area contributed by atoms with Crippen LogP contribution in [0.4, 0.5) is 4.79 Å². The Morgan fingerprint density at radius 2 is 1.81 bits per heavy atom. The lowest BCUT2D eigenvalue weighted by atomic mass is 9.99. The second-order valence-electron chi connectivity index (χ2n) is 7.02. The minimum absolute atomic E-state index is 0.107. The van der Waals surface area contributed by atoms with Crippen LogP contribution < -0.4 is 11.1 Å². The molecule has 0 spiro atoms. The number of nitrogens with two attached hydrogens (primary N) is 1. The minimum atomic E-state index is -0.303. The van der Waals surface area contributed by atoms with E-state index in [-0.39, 0.29) is 43.4 Å². The molecule has 2 rings (SSSR count). The number of urea groups is 1. The number of hydrogen-bond acceptors (Lipinski definition) is 4. The first-order valence-electron chi connectivity index (χ1n) is 8.97. The van der Waals surface area contributed by atoms with Gasteiger partial charge in [0.05, 0.1) is 0 Å². The highest BCUT2D eigenvalue weighted by atomic mass is 16.2. The number of rotatable bonds is 8. The Kier molecular flexibility index (Phi) is 6.74. The fourth-order valence-corrected chi connectivity index (χ4v) is 2.84. The molecule has 0 radical (unpaired) electrons. The van der Waals surface area contributed by atoms with E-state index in [0.29, 0.717) is 18.9 Å². The molecule has 1 aliphatic rings. The number of carbonyl (C=O) groups is 3. The predicted molar refractivity (Wildman–Crippen MR) is 99.4 cm³/mol. The SMILES string of the molecule is CC(C)c1ccc(C(N)CNC(=O)CCCN2C(=O)CN(C)C2=O)cc1. The Labute approximate surface area is 154 Å². The Morgan fingerprint density at radius 3 is 2.35 bits per heavy atom. The van der Waals surface area contributed by atoms with Crippen LogP contribution in [0.5, 0.6) is 0 Å². The van der Waals surface area contributed by atoms with Gasteiger partial charge in [0.2, 0.25) is 11.8 Å². The highest BCUT2D eigenvalue weighted by molar-refractivity contribution is 6.01. The first-order chi connectivity index (χ1) is 12.3. The van der Waals surface area contributed by atoms with Crippen LogP contribution in [0.1, 0.15) is 49.8 Å². The normalized spacial score (nSPS) is 15.7. The molecule has 1 aliphatic heterocycles. The largest absolute Gasteiger partial charge is 0.354 e. The average Bonchev–Trinajstić information content (AvgIpc) is 2.85. The third-order valence-corrected chi connectivity index (χ3v) is 4.57. The molecule has 1 heterocycles. The van der Waals surface area contributed by atoms with E-state index in [9.17, 15) is 14.4 Å². The van der Waals surface area contributed by atoms with Gasteiger partial charge in [0.1, 0.15) is 6.54 Å². The summed E-state index contributed by atoms with van der Waals surface area (Å²) in [5.74, 6) is 0.116. The molecule has 1 atom stereocenters. The molecule has 26 heavy (non-hydrogen) atoms. The molecule has 4 amide bonds. The highest BCUT2D eigenvalue weighted by Crippen LogP contribution is 2.17. The van der Waals surface area contributed by atoms with Crippen LogP contribution in [0.25, 0.3) is 0 Å². The maximum Gasteiger partial charge on any atom is 0.326 e. The third kappa shape index (κ3) is 5.05. The molecule has 7 nitrogen and oxygen atoms in total. The quantitative estimate of drug-likeness (QED) is 0.688. The number of benzene rings is 1. The average molecular weight is 360 g/mol. The van der Waals surface area contributed by atoms with Gasteiger partial charge in [0, 0.05) is 32.6 Å². The van der Waals surface area contributed by atoms with Crippen molar-refractivity contribution in [1.82, 2.24) is 15.1 Å². The van der Waals surface area contributed by atoms with Crippen molar-refractivity contribution in [3.63, 3.8) is 0 Å². The second kappa shape index (κ2) is 8.80. The van der Waals surface area contributed by atoms with E-state index in [1.165, 1.54) is 15.4 Å². The summed E-state index contributed by atoms with van der Waals surface area (Å²) < 4.78 is 0. The monoisotopic (exact) mass is 360 g/mol. The van der Waals surface area contributed by atoms with Crippen molar-refractivity contribution >= 4 is 17.8 Å². The van der Waals surface area contributed by atoms with Gasteiger partial charge in [-0.1, -0.05) is 38.1 Å². The third-order valence-electron chi connectivity index (χ3n) is 4.57. The Bertz CT molecular complexity index is 657. The summed E-state index contributed by atoms with van der Waals surface area (Å²) in [7, 11) is 1.59. The van der Waals surface area contributed by atoms with Gasteiger partial charge in [-0.05, 0) is 23.5 Å². The van der Waals surface area contributed by atoms with Gasteiger partial charge in [-0.3, -0.25) is 14.5 Å². The number of amides is 4. The van der Waals surface area contributed by atoms with E-state index in [1.807, 2.05) is 12.1 Å². The molecule has 0 aromatic heterocycles. The van der Waals surface area contributed by atoms with Crippen molar-refractivity contribution in [2.24, 2.45) is 5.73 Å². The molecule has 0 saturated carbocycles. The number of nitrogens with zero attached hydrogens (tertiary/aromatic N) is 2. The smallest absolute Gasteiger partial charge is 0.326 e. The number of nitrogens with one attached hydrogen (secondary N) is 1. The van der Waals surface area contributed by atoms with Crippen molar-refractivity contribution in [1.29, 1.82) is 0 Å². The van der Waals surface area contributed by atoms with Gasteiger partial charge < -0.3 is 16.0 Å². The molecule has 1 aromatic carbocycles. The van der Waals surface area contributed by atoms with Gasteiger partial charge >= 0.3 is 6.03 Å². The summed E-state index contributed by atoms with van der Waals surface area (Å²) >= 11 is 0. The van der Waals surface area contributed by atoms with Gasteiger partial charge in [-0.2, -0.15) is 0 Å². The lowest BCUT2D eigenvalue weighted by Gasteiger charge is -2.16. The maximum absolute atomic E-state index is 12.0. The minimum Gasteiger partial charge on any atom is -0.354 e. The van der Waals surface area contributed by atoms with Crippen LogP contribution in [0.3, 0.4) is 0 Å². The fourth-order valence-electron chi connectivity index (χ4n) is 2.84. The van der Waals surface area contributed by atoms with Gasteiger partial charge in [-0.15, -0.1) is 0 Å². The van der Waals surface area contributed by atoms with Crippen molar-refractivity contribution in [3.05, 3.63) is 35.4 Å². The van der Waals surface area contributed by atoms with Crippen LogP contribution in [-0.2, 0) is 9.59 Å². The maximum atomic E-state index is 12.0. The summed E-state index contributed by atoms with van der Waals surface area (Å²) in [4.78, 5) is 37.9. The first kappa shape index (κ1) is 19.9. The topological polar surface area (TPSA) is 95.7 Å². The molecular weight excluding hydrogens is 332 g/mol. The van der Waals surface area contributed by atoms with E-state index in [0.717, 1.165) is 5.56 Å². The summed E-state index contributed by atoms with van der Waals surface area (Å²) in [6.07, 6.45) is 0.690. The van der Waals surface area contributed by atoms with E-state index in [4.69, 9.17) is 5.73 Å². The molecule has 0 aliphatic carbocycles. The Hall–Kier alpha value is -2.41. The van der Waals surface area contributed by atoms with Crippen molar-refractivity contribution < 1.29 is 14.4 Å². The lowest BCUT2D eigenvalue weighted by Crippen LogP contribution is -2.34. The lowest BCUT2D eigenvalue weighted by molar-refractivity contribution is -0.126. The van der Waals surface area contributed by atoms with Gasteiger partial charge in [0.25, 0.3) is 0 Å². The molecule has 1 aromatic rings. The standard InChI is InChI=1S/C19H28N4O3/c1-13(2)14-6-8-15(9-7-14)16(20)11-21-17(24)5-4-10-23-18(25)12-22(3)19(23)26/h6-9,13,16H,4-5,10-12,20H2,1-3H3,(H,21,24). The molecule has 142 valence electrons. The predicted octanol–water partition coefficient (Wildman–Crippen LogP) is 1.60. The van der Waals surface area contributed by atoms with Crippen LogP contribution in [-0.4, -0.2) is 54.3 Å². The van der Waals surface area contributed by atoms with Crippen LogP contribution in [0, 0.1) is 0 Å². The number of imide groups is 1. The van der Waals surface area contributed by atoms with E-state index in [1.54, 1.807) is 7.05 Å². The van der Waals surface area contributed by atoms with Crippen molar-refractivity contribution in [3.8, 4) is 0 Å². The second-order valence-corrected chi connectivity index (χ2v) is 7.02. The summed E-state index contributed by atoms with van der Waals surface area (Å²) in [6, 6.07) is 7.53. The van der Waals surface area contributed by atoms with E-state index >= 15 is 0 Å². The number of carbonyl (C=O) groups excluding carboxylic acids is 3. The van der Waals surface area contributed by atoms with Crippen LogP contribution in [0.15, 0.2) is 24.3 Å². The summed E-state index contributed by atoms with van der Waals surface area (Å²) in [5.41, 5.74) is 8.36. The Morgan fingerprint density at radius 1 is 1.19 bits per heavy atom. The number of hydrogen-bond donors (Lipinski definition) is 2. The van der Waals surface area contributed by atoms with E-state index in [2.05, 4.69) is 31.3 Å². The molecule has 1 fully saturated rings. The van der Waals surface area contributed by atoms with Gasteiger partial charge in [-0.25, -0.2) is 4.79 Å². The molecule has 0 bridgehead atoms. The molecular formula is C19H28N4O3. The molecule has 3 N–H and O–H groups in total. The summed E-state index contributed by atoms with van der Waals surface area (Å²) in [5, 5.41) is 2.81. The van der Waals surface area contributed by atoms with Crippen molar-refractivity contribution in [2.45, 2.75) is 38.6 Å². The highest BCUT2D eigenvalue weighted by Gasteiger charge is 2.32. The van der Waals surface area contributed by atoms with Crippen LogP contribution >= 0.6 is 0 Å². The summed E-state index contributed by atoms with van der Waals surface area (Å²) in [6.45, 7) is 4.99. The first-order valence-corrected chi connectivity index (χ1v) is 8.97. The molecule has 1 saturated heterocycles. The zero-order valence-corrected chi connectivity index (χ0v) is 15.7. The van der Waals surface area contributed by atoms with Crippen molar-refractivity contribution in [2.75, 3.05) is 26.7 Å². The van der Waals surface area contributed by atoms with E-state index < -0.39 is 0 Å². The number of likely N-dealkylation sites (N-methyl/N-ethyl adjacent to an activating group) is 1. The molecule has 1 unspecified atom stereocenters. The zero-order valence-electron chi connectivity index (χ0n) is 15.7. The zero-order chi connectivity index (χ0) is 19.3. The van der Waals surface area contributed by atoms with Gasteiger partial charge in [0.15, 0.2) is 0 Å². The Balaban J connectivity index is 1.71. The molecule has 7 heteroatoms.